The zero-order chi connectivity index (χ0) is 25.6. The molecule has 37 heavy (non-hydrogen) atoms. The van der Waals surface area contributed by atoms with Crippen molar-refractivity contribution >= 4 is 23.5 Å². The molecule has 1 N–H and O–H groups in total. The lowest BCUT2D eigenvalue weighted by atomic mass is 10.0. The van der Waals surface area contributed by atoms with Crippen LogP contribution in [0, 0.1) is 0 Å². The number of Topliss-reactive ketones (excluding diaryl/α,β-unsaturated/α-hetero) is 1. The van der Waals surface area contributed by atoms with Gasteiger partial charge in [-0.25, -0.2) is 14.8 Å². The Morgan fingerprint density at radius 1 is 0.919 bits per heavy atom. The third-order valence-electron chi connectivity index (χ3n) is 6.36. The topological polar surface area (TPSA) is 96.5 Å². The van der Waals surface area contributed by atoms with Gasteiger partial charge in [-0.05, 0) is 40.8 Å². The summed E-state index contributed by atoms with van der Waals surface area (Å²) >= 11 is 2.03. The van der Waals surface area contributed by atoms with Crippen molar-refractivity contribution in [2.75, 3.05) is 24.6 Å². The van der Waals surface area contributed by atoms with Crippen LogP contribution in [0.2, 0.25) is 0 Å². The molecule has 1 aliphatic heterocycles. The summed E-state index contributed by atoms with van der Waals surface area (Å²) in [5.41, 5.74) is 4.93. The van der Waals surface area contributed by atoms with Crippen molar-refractivity contribution in [2.24, 2.45) is 0 Å². The summed E-state index contributed by atoms with van der Waals surface area (Å²) < 4.78 is 5.57. The molecule has 0 saturated carbocycles. The molecule has 0 radical (unpaired) electrons. The van der Waals surface area contributed by atoms with Crippen molar-refractivity contribution in [1.82, 2.24) is 14.9 Å². The molecule has 3 heterocycles. The summed E-state index contributed by atoms with van der Waals surface area (Å²) in [4.78, 5) is 34.4. The number of benzene rings is 2. The molecule has 2 aromatic heterocycles. The van der Waals surface area contributed by atoms with E-state index in [0.29, 0.717) is 12.1 Å². The Kier molecular flexibility index (Phi) is 7.77. The molecule has 1 fully saturated rings. The average Bonchev–Trinajstić information content (AvgIpc) is 3.44. The molecule has 4 aromatic rings. The molecule has 188 valence electrons. The Morgan fingerprint density at radius 2 is 1.59 bits per heavy atom. The molecular formula is C29H27N3O4S. The number of aryl methyl sites for hydroxylation is 1. The predicted octanol–water partition coefficient (Wildman–Crippen LogP) is 5.47. The molecule has 2 aromatic carbocycles. The minimum Gasteiger partial charge on any atom is -0.477 e. The van der Waals surface area contributed by atoms with Gasteiger partial charge in [0, 0.05) is 37.6 Å². The SMILES string of the molecule is O=C(O)c1cccc(-c2cnc(C(=O)CCc3ccc(-c4ccc(CN5CCSCC5)cc4)cc3)o2)n1. The van der Waals surface area contributed by atoms with E-state index in [1.54, 1.807) is 12.1 Å². The Hall–Kier alpha value is -3.75. The van der Waals surface area contributed by atoms with E-state index in [2.05, 4.69) is 51.3 Å². The quantitative estimate of drug-likeness (QED) is 0.295. The van der Waals surface area contributed by atoms with Gasteiger partial charge >= 0.3 is 5.97 Å². The van der Waals surface area contributed by atoms with Crippen molar-refractivity contribution in [1.29, 1.82) is 0 Å². The second-order valence-corrected chi connectivity index (χ2v) is 10.2. The molecule has 0 atom stereocenters. The monoisotopic (exact) mass is 513 g/mol. The summed E-state index contributed by atoms with van der Waals surface area (Å²) in [6.07, 6.45) is 2.22. The van der Waals surface area contributed by atoms with Gasteiger partial charge in [0.2, 0.25) is 5.78 Å². The third kappa shape index (κ3) is 6.34. The lowest BCUT2D eigenvalue weighted by Gasteiger charge is -2.26. The highest BCUT2D eigenvalue weighted by Gasteiger charge is 2.16. The maximum absolute atomic E-state index is 12.6. The van der Waals surface area contributed by atoms with Crippen LogP contribution in [0.4, 0.5) is 0 Å². The number of thioether (sulfide) groups is 1. The second-order valence-electron chi connectivity index (χ2n) is 8.95. The largest absolute Gasteiger partial charge is 0.477 e. The predicted molar refractivity (Wildman–Crippen MR) is 144 cm³/mol. The highest BCUT2D eigenvalue weighted by molar-refractivity contribution is 7.99. The molecule has 0 unspecified atom stereocenters. The fourth-order valence-corrected chi connectivity index (χ4v) is 5.24. The van der Waals surface area contributed by atoms with Crippen LogP contribution < -0.4 is 0 Å². The lowest BCUT2D eigenvalue weighted by molar-refractivity contribution is 0.0690. The number of carboxylic acid groups (broad SMARTS) is 1. The Bertz CT molecular complexity index is 1380. The number of oxazole rings is 1. The van der Waals surface area contributed by atoms with Gasteiger partial charge < -0.3 is 9.52 Å². The number of aromatic carboxylic acids is 1. The molecule has 0 aliphatic carbocycles. The van der Waals surface area contributed by atoms with Gasteiger partial charge in [0.05, 0.1) is 6.20 Å². The lowest BCUT2D eigenvalue weighted by Crippen LogP contribution is -2.31. The van der Waals surface area contributed by atoms with Crippen LogP contribution in [0.25, 0.3) is 22.6 Å². The van der Waals surface area contributed by atoms with Crippen LogP contribution in [0.15, 0.2) is 77.3 Å². The molecule has 8 heteroatoms. The Morgan fingerprint density at radius 3 is 2.27 bits per heavy atom. The third-order valence-corrected chi connectivity index (χ3v) is 7.30. The van der Waals surface area contributed by atoms with Gasteiger partial charge in [-0.2, -0.15) is 11.8 Å². The maximum atomic E-state index is 12.6. The number of hydrogen-bond donors (Lipinski definition) is 1. The van der Waals surface area contributed by atoms with E-state index in [1.807, 2.05) is 23.9 Å². The fraction of sp³-hybridized carbons (Fsp3) is 0.241. The van der Waals surface area contributed by atoms with E-state index < -0.39 is 5.97 Å². The van der Waals surface area contributed by atoms with Crippen molar-refractivity contribution in [2.45, 2.75) is 19.4 Å². The minimum absolute atomic E-state index is 0.00227. The van der Waals surface area contributed by atoms with E-state index in [9.17, 15) is 9.59 Å². The number of carboxylic acids is 1. The van der Waals surface area contributed by atoms with E-state index >= 15 is 0 Å². The number of rotatable bonds is 9. The first-order valence-electron chi connectivity index (χ1n) is 12.2. The normalized spacial score (nSPS) is 13.9. The van der Waals surface area contributed by atoms with Crippen LogP contribution in [-0.4, -0.2) is 56.3 Å². The van der Waals surface area contributed by atoms with Crippen LogP contribution >= 0.6 is 11.8 Å². The summed E-state index contributed by atoms with van der Waals surface area (Å²) in [5, 5.41) is 9.11. The van der Waals surface area contributed by atoms with E-state index in [0.717, 1.165) is 30.8 Å². The van der Waals surface area contributed by atoms with Crippen molar-refractivity contribution in [3.8, 4) is 22.6 Å². The summed E-state index contributed by atoms with van der Waals surface area (Å²) in [6.45, 7) is 3.32. The smallest absolute Gasteiger partial charge is 0.354 e. The van der Waals surface area contributed by atoms with Crippen LogP contribution in [-0.2, 0) is 13.0 Å². The number of carbonyl (C=O) groups is 2. The number of ketones is 1. The summed E-state index contributed by atoms with van der Waals surface area (Å²) in [7, 11) is 0. The Labute approximate surface area is 219 Å². The van der Waals surface area contributed by atoms with E-state index in [1.165, 1.54) is 34.9 Å². The van der Waals surface area contributed by atoms with Crippen LogP contribution in [0.5, 0.6) is 0 Å². The molecule has 0 amide bonds. The standard InChI is InChI=1S/C29H27N3O4S/c33-26(28-30-18-27(36-28)24-2-1-3-25(31-24)29(34)35)13-8-20-4-9-22(10-5-20)23-11-6-21(7-12-23)19-32-14-16-37-17-15-32/h1-7,9-12,18H,8,13-17,19H2,(H,34,35). The van der Waals surface area contributed by atoms with Gasteiger partial charge in [-0.15, -0.1) is 0 Å². The first-order valence-corrected chi connectivity index (χ1v) is 13.4. The van der Waals surface area contributed by atoms with Gasteiger partial charge in [0.25, 0.3) is 5.89 Å². The first-order chi connectivity index (χ1) is 18.0. The Balaban J connectivity index is 1.16. The number of pyridine rings is 1. The van der Waals surface area contributed by atoms with Crippen molar-refractivity contribution in [3.63, 3.8) is 0 Å². The number of carbonyl (C=O) groups excluding carboxylic acids is 1. The number of aromatic nitrogens is 2. The van der Waals surface area contributed by atoms with Crippen LogP contribution in [0.3, 0.4) is 0 Å². The van der Waals surface area contributed by atoms with Gasteiger partial charge in [-0.1, -0.05) is 54.6 Å². The van der Waals surface area contributed by atoms with Crippen LogP contribution in [0.1, 0.15) is 38.7 Å². The minimum atomic E-state index is -1.13. The first kappa shape index (κ1) is 24.9. The number of nitrogens with zero attached hydrogens (tertiary/aromatic N) is 3. The molecule has 1 aliphatic rings. The van der Waals surface area contributed by atoms with E-state index in [4.69, 9.17) is 9.52 Å². The summed E-state index contributed by atoms with van der Waals surface area (Å²) in [5.74, 6) is 1.35. The van der Waals surface area contributed by atoms with Gasteiger partial charge in [0.15, 0.2) is 5.76 Å². The highest BCUT2D eigenvalue weighted by Crippen LogP contribution is 2.23. The molecule has 0 bridgehead atoms. The van der Waals surface area contributed by atoms with Gasteiger partial charge in [-0.3, -0.25) is 9.69 Å². The zero-order valence-electron chi connectivity index (χ0n) is 20.3. The van der Waals surface area contributed by atoms with Gasteiger partial charge in [0.1, 0.15) is 11.4 Å². The van der Waals surface area contributed by atoms with Crippen molar-refractivity contribution in [3.05, 3.63) is 95.6 Å². The fourth-order valence-electron chi connectivity index (χ4n) is 4.26. The van der Waals surface area contributed by atoms with Crippen molar-refractivity contribution < 1.29 is 19.1 Å². The average molecular weight is 514 g/mol. The number of hydrogen-bond acceptors (Lipinski definition) is 7. The second kappa shape index (κ2) is 11.5. The maximum Gasteiger partial charge on any atom is 0.354 e. The molecule has 0 spiro atoms. The molecular weight excluding hydrogens is 486 g/mol. The molecule has 1 saturated heterocycles. The zero-order valence-corrected chi connectivity index (χ0v) is 21.1. The van der Waals surface area contributed by atoms with E-state index in [-0.39, 0.29) is 29.5 Å². The molecule has 5 rings (SSSR count). The summed E-state index contributed by atoms with van der Waals surface area (Å²) in [6, 6.07) is 21.6. The molecule has 7 nitrogen and oxygen atoms in total. The highest BCUT2D eigenvalue weighted by atomic mass is 32.2.